The second kappa shape index (κ2) is 12.1. The van der Waals surface area contributed by atoms with Gasteiger partial charge in [0.05, 0.1) is 6.42 Å². The monoisotopic (exact) mass is 460 g/mol. The number of β-lactam (4-membered cyclic amide) rings is 1. The molecule has 7 heteroatoms. The molecule has 2 aromatic rings. The molecule has 166 valence electrons. The predicted octanol–water partition coefficient (Wildman–Crippen LogP) is 4.07. The summed E-state index contributed by atoms with van der Waals surface area (Å²) in [5, 5.41) is 3.27. The lowest BCUT2D eigenvalue weighted by Gasteiger charge is -2.39. The Morgan fingerprint density at radius 2 is 1.74 bits per heavy atom. The Labute approximate surface area is 192 Å². The van der Waals surface area contributed by atoms with E-state index in [1.165, 1.54) is 10.5 Å². The maximum Gasteiger partial charge on any atom is 0.239 e. The minimum Gasteiger partial charge on any atom is -0.614 e. The molecule has 1 heterocycles. The van der Waals surface area contributed by atoms with Crippen molar-refractivity contribution in [3.8, 4) is 0 Å². The molecule has 0 bridgehead atoms. The summed E-state index contributed by atoms with van der Waals surface area (Å²) in [7, 11) is 0. The molecule has 2 aromatic carbocycles. The number of likely N-dealkylation sites (tertiary alicyclic amines) is 1. The zero-order valence-electron chi connectivity index (χ0n) is 17.6. The Balaban J connectivity index is 1.28. The first-order valence-corrected chi connectivity index (χ1v) is 12.5. The van der Waals surface area contributed by atoms with Crippen LogP contribution in [0.25, 0.3) is 0 Å². The Morgan fingerprint density at radius 1 is 1.03 bits per heavy atom. The Hall–Kier alpha value is -2.02. The Morgan fingerprint density at radius 3 is 2.45 bits per heavy atom. The van der Waals surface area contributed by atoms with Crippen molar-refractivity contribution in [1.29, 1.82) is 0 Å². The molecule has 1 saturated heterocycles. The summed E-state index contributed by atoms with van der Waals surface area (Å²) in [5.41, 5.74) is 2.26. The number of rotatable bonds is 12. The van der Waals surface area contributed by atoms with Gasteiger partial charge in [-0.1, -0.05) is 66.9 Å². The third kappa shape index (κ3) is 7.56. The van der Waals surface area contributed by atoms with Crippen LogP contribution in [0.5, 0.6) is 0 Å². The van der Waals surface area contributed by atoms with Crippen LogP contribution in [0.4, 0.5) is 0 Å². The molecule has 2 atom stereocenters. The highest BCUT2D eigenvalue weighted by Crippen LogP contribution is 2.26. The number of carbonyl (C=O) groups is 2. The molecular weight excluding hydrogens is 432 g/mol. The van der Waals surface area contributed by atoms with Gasteiger partial charge in [-0.05, 0) is 48.1 Å². The van der Waals surface area contributed by atoms with Gasteiger partial charge < -0.3 is 9.87 Å². The highest BCUT2D eigenvalue weighted by molar-refractivity contribution is 7.91. The van der Waals surface area contributed by atoms with Gasteiger partial charge in [0, 0.05) is 17.1 Å². The van der Waals surface area contributed by atoms with Gasteiger partial charge in [-0.25, -0.2) is 0 Å². The molecule has 5 nitrogen and oxygen atoms in total. The summed E-state index contributed by atoms with van der Waals surface area (Å²) in [6.07, 6.45) is 5.43. The van der Waals surface area contributed by atoms with Gasteiger partial charge in [-0.15, -0.1) is 0 Å². The number of unbranched alkanes of at least 4 members (excludes halogenated alkanes) is 3. The molecule has 0 saturated carbocycles. The van der Waals surface area contributed by atoms with Crippen molar-refractivity contribution in [2.75, 3.05) is 13.1 Å². The summed E-state index contributed by atoms with van der Waals surface area (Å²) in [6.45, 7) is 0.584. The highest BCUT2D eigenvalue weighted by Gasteiger charge is 2.45. The van der Waals surface area contributed by atoms with Crippen molar-refractivity contribution < 1.29 is 14.1 Å². The average molecular weight is 461 g/mol. The molecule has 1 fully saturated rings. The third-order valence-corrected chi connectivity index (χ3v) is 7.31. The lowest BCUT2D eigenvalue weighted by atomic mass is 10.1. The fourth-order valence-electron chi connectivity index (χ4n) is 3.58. The molecular formula is C24H29ClN2O3S. The molecule has 1 aliphatic heterocycles. The average Bonchev–Trinajstić information content (AvgIpc) is 2.77. The van der Waals surface area contributed by atoms with Gasteiger partial charge in [-0.2, -0.15) is 0 Å². The second-order valence-corrected chi connectivity index (χ2v) is 9.86. The first kappa shape index (κ1) is 23.6. The Bertz CT molecular complexity index is 848. The van der Waals surface area contributed by atoms with Crippen molar-refractivity contribution in [3.05, 3.63) is 70.7 Å². The maximum atomic E-state index is 12.6. The number of hydrogen-bond donors (Lipinski definition) is 1. The van der Waals surface area contributed by atoms with Crippen molar-refractivity contribution in [1.82, 2.24) is 10.2 Å². The van der Waals surface area contributed by atoms with Crippen LogP contribution in [0.1, 0.15) is 43.2 Å². The molecule has 0 spiro atoms. The van der Waals surface area contributed by atoms with E-state index in [0.29, 0.717) is 12.3 Å². The van der Waals surface area contributed by atoms with Crippen LogP contribution in [0, 0.1) is 0 Å². The quantitative estimate of drug-likeness (QED) is 0.295. The van der Waals surface area contributed by atoms with Gasteiger partial charge in [0.2, 0.25) is 11.8 Å². The molecule has 31 heavy (non-hydrogen) atoms. The highest BCUT2D eigenvalue weighted by atomic mass is 35.5. The van der Waals surface area contributed by atoms with Gasteiger partial charge in [0.25, 0.3) is 0 Å². The minimum absolute atomic E-state index is 0.0133. The second-order valence-electron chi connectivity index (χ2n) is 7.83. The van der Waals surface area contributed by atoms with E-state index in [2.05, 4.69) is 17.4 Å². The number of benzene rings is 2. The van der Waals surface area contributed by atoms with Crippen LogP contribution >= 0.6 is 11.6 Å². The normalized spacial score (nSPS) is 16.6. The predicted molar refractivity (Wildman–Crippen MR) is 125 cm³/mol. The van der Waals surface area contributed by atoms with Crippen LogP contribution in [0.15, 0.2) is 54.6 Å². The molecule has 0 radical (unpaired) electrons. The van der Waals surface area contributed by atoms with Crippen molar-refractivity contribution >= 4 is 34.6 Å². The van der Waals surface area contributed by atoms with Crippen LogP contribution < -0.4 is 5.32 Å². The minimum atomic E-state index is -1.21. The van der Waals surface area contributed by atoms with E-state index in [9.17, 15) is 14.1 Å². The number of nitrogens with one attached hydrogen (secondary N) is 1. The number of carbonyl (C=O) groups excluding carboxylic acids is 2. The fourth-order valence-corrected chi connectivity index (χ4v) is 5.23. The van der Waals surface area contributed by atoms with E-state index in [4.69, 9.17) is 11.6 Å². The van der Waals surface area contributed by atoms with Crippen LogP contribution in [-0.2, 0) is 32.9 Å². The van der Waals surface area contributed by atoms with E-state index in [-0.39, 0.29) is 30.2 Å². The Kier molecular flexibility index (Phi) is 9.25. The lowest BCUT2D eigenvalue weighted by molar-refractivity contribution is -0.145. The zero-order chi connectivity index (χ0) is 22.1. The number of aryl methyl sites for hydroxylation is 1. The summed E-state index contributed by atoms with van der Waals surface area (Å²) >= 11 is 4.69. The van der Waals surface area contributed by atoms with E-state index in [1.54, 1.807) is 0 Å². The largest absolute Gasteiger partial charge is 0.614 e. The smallest absolute Gasteiger partial charge is 0.239 e. The van der Waals surface area contributed by atoms with Gasteiger partial charge in [-0.3, -0.25) is 14.5 Å². The first-order chi connectivity index (χ1) is 15.0. The van der Waals surface area contributed by atoms with Crippen LogP contribution in [0.3, 0.4) is 0 Å². The first-order valence-electron chi connectivity index (χ1n) is 10.7. The standard InChI is InChI=1S/C24H29ClN2O3S/c25-21-13-11-19(12-14-21)8-4-1-2-7-15-26-22(28)17-27-23(29)16-24(27)31(30)18-20-9-5-3-6-10-20/h3,5-6,9-14,24H,1-2,4,7-8,15-18H2,(H,26,28)/t24?,31-/m0/s1. The summed E-state index contributed by atoms with van der Waals surface area (Å²) in [5.74, 6) is 0.104. The van der Waals surface area contributed by atoms with Crippen molar-refractivity contribution in [2.45, 2.75) is 49.7 Å². The van der Waals surface area contributed by atoms with Crippen LogP contribution in [-0.4, -0.2) is 39.7 Å². The van der Waals surface area contributed by atoms with Gasteiger partial charge in [0.1, 0.15) is 12.3 Å². The molecule has 3 rings (SSSR count). The van der Waals surface area contributed by atoms with E-state index < -0.39 is 11.2 Å². The number of amides is 2. The fraction of sp³-hybridized carbons (Fsp3) is 0.417. The number of halogens is 1. The molecule has 0 aromatic heterocycles. The molecule has 0 aliphatic carbocycles. The maximum absolute atomic E-state index is 12.6. The third-order valence-electron chi connectivity index (χ3n) is 5.41. The summed E-state index contributed by atoms with van der Waals surface area (Å²) in [6, 6.07) is 17.5. The van der Waals surface area contributed by atoms with Crippen LogP contribution in [0.2, 0.25) is 5.02 Å². The van der Waals surface area contributed by atoms with Crippen molar-refractivity contribution in [2.24, 2.45) is 0 Å². The van der Waals surface area contributed by atoms with E-state index in [0.717, 1.165) is 42.7 Å². The lowest BCUT2D eigenvalue weighted by Crippen LogP contribution is -2.59. The SMILES string of the molecule is O=C(CN1C(=O)CC1[S@@+]([O-])Cc1ccccc1)NCCCCCCc1ccc(Cl)cc1. The van der Waals surface area contributed by atoms with E-state index >= 15 is 0 Å². The molecule has 1 N–H and O–H groups in total. The number of hydrogen-bond acceptors (Lipinski definition) is 3. The van der Waals surface area contributed by atoms with Crippen molar-refractivity contribution in [3.63, 3.8) is 0 Å². The molecule has 2 amide bonds. The molecule has 1 unspecified atom stereocenters. The van der Waals surface area contributed by atoms with E-state index in [1.807, 2.05) is 42.5 Å². The summed E-state index contributed by atoms with van der Waals surface area (Å²) < 4.78 is 12.6. The van der Waals surface area contributed by atoms with Gasteiger partial charge >= 0.3 is 0 Å². The summed E-state index contributed by atoms with van der Waals surface area (Å²) in [4.78, 5) is 25.6. The molecule has 1 aliphatic rings. The number of nitrogens with zero attached hydrogens (tertiary/aromatic N) is 1. The van der Waals surface area contributed by atoms with Gasteiger partial charge in [0.15, 0.2) is 5.37 Å². The zero-order valence-corrected chi connectivity index (χ0v) is 19.2. The topological polar surface area (TPSA) is 72.5 Å².